The number of hydrogen-bond donors (Lipinski definition) is 1. The number of benzene rings is 1. The summed E-state index contributed by atoms with van der Waals surface area (Å²) in [6.07, 6.45) is 6.14. The average molecular weight is 257 g/mol. The van der Waals surface area contributed by atoms with Crippen LogP contribution in [0, 0.1) is 23.1 Å². The lowest BCUT2D eigenvalue weighted by Gasteiger charge is -2.62. The Kier molecular flexibility index (Phi) is 2.17. The monoisotopic (exact) mass is 257 g/mol. The third-order valence-corrected chi connectivity index (χ3v) is 5.16. The number of rotatable bonds is 3. The van der Waals surface area contributed by atoms with Crippen molar-refractivity contribution in [1.82, 2.24) is 5.32 Å². The summed E-state index contributed by atoms with van der Waals surface area (Å²) in [6, 6.07) is 5.72. The molecule has 0 saturated heterocycles. The molecule has 3 fully saturated rings. The molecule has 0 aliphatic heterocycles. The van der Waals surface area contributed by atoms with E-state index in [1.165, 1.54) is 43.5 Å². The Hall–Kier alpha value is -1.64. The summed E-state index contributed by atoms with van der Waals surface area (Å²) in [6.45, 7) is 0.734. The molecule has 2 nitrogen and oxygen atoms in total. The van der Waals surface area contributed by atoms with Crippen LogP contribution in [-0.2, 0) is 0 Å². The lowest BCUT2D eigenvalue weighted by atomic mass is 9.43. The number of amides is 1. The topological polar surface area (TPSA) is 29.1 Å². The van der Waals surface area contributed by atoms with Crippen molar-refractivity contribution in [2.75, 3.05) is 6.54 Å². The average Bonchev–Trinajstić information content (AvgIpc) is 2.34. The molecule has 0 aromatic heterocycles. The Morgan fingerprint density at radius 1 is 1.32 bits per heavy atom. The summed E-state index contributed by atoms with van der Waals surface area (Å²) in [5.74, 6) is 1.29. The number of allylic oxidation sites excluding steroid dienone is 1. The second-order valence-electron chi connectivity index (χ2n) is 6.20. The van der Waals surface area contributed by atoms with E-state index in [1.54, 1.807) is 5.57 Å². The van der Waals surface area contributed by atoms with Crippen LogP contribution in [0.15, 0.2) is 35.9 Å². The van der Waals surface area contributed by atoms with E-state index in [4.69, 9.17) is 0 Å². The van der Waals surface area contributed by atoms with Crippen LogP contribution in [0.1, 0.15) is 29.6 Å². The van der Waals surface area contributed by atoms with Crippen molar-refractivity contribution in [3.05, 3.63) is 47.3 Å². The first-order chi connectivity index (χ1) is 9.16. The van der Waals surface area contributed by atoms with Gasteiger partial charge >= 0.3 is 0 Å². The predicted octanol–water partition coefficient (Wildman–Crippen LogP) is 2.91. The smallest absolute Gasteiger partial charge is 0.251 e. The Morgan fingerprint density at radius 2 is 2.00 bits per heavy atom. The van der Waals surface area contributed by atoms with E-state index in [2.05, 4.69) is 11.4 Å². The number of carbonyl (C=O) groups excluding carboxylic acids is 1. The zero-order valence-corrected chi connectivity index (χ0v) is 10.7. The summed E-state index contributed by atoms with van der Waals surface area (Å²) in [5.41, 5.74) is 2.35. The molecule has 1 unspecified atom stereocenters. The van der Waals surface area contributed by atoms with Crippen LogP contribution >= 0.6 is 0 Å². The van der Waals surface area contributed by atoms with Crippen molar-refractivity contribution in [2.45, 2.75) is 19.3 Å². The van der Waals surface area contributed by atoms with Crippen molar-refractivity contribution >= 4 is 5.91 Å². The van der Waals surface area contributed by atoms with Gasteiger partial charge in [0, 0.05) is 17.5 Å². The second-order valence-corrected chi connectivity index (χ2v) is 6.20. The molecule has 1 aromatic rings. The molecule has 6 aliphatic carbocycles. The van der Waals surface area contributed by atoms with Crippen LogP contribution in [0.3, 0.4) is 0 Å². The molecule has 3 saturated carbocycles. The van der Waals surface area contributed by atoms with Crippen LogP contribution in [0.4, 0.5) is 4.39 Å². The fourth-order valence-corrected chi connectivity index (χ4v) is 3.89. The first kappa shape index (κ1) is 11.2. The minimum Gasteiger partial charge on any atom is -0.351 e. The van der Waals surface area contributed by atoms with Gasteiger partial charge in [0.15, 0.2) is 0 Å². The molecule has 0 radical (unpaired) electrons. The van der Waals surface area contributed by atoms with E-state index in [1.807, 2.05) is 0 Å². The highest BCUT2D eigenvalue weighted by Gasteiger charge is 2.57. The summed E-state index contributed by atoms with van der Waals surface area (Å²) >= 11 is 0. The molecular weight excluding hydrogens is 241 g/mol. The fourth-order valence-electron chi connectivity index (χ4n) is 3.89. The Morgan fingerprint density at radius 3 is 2.58 bits per heavy atom. The highest BCUT2D eigenvalue weighted by molar-refractivity contribution is 5.94. The van der Waals surface area contributed by atoms with E-state index in [0.29, 0.717) is 5.56 Å². The Labute approximate surface area is 111 Å². The quantitative estimate of drug-likeness (QED) is 0.829. The SMILES string of the molecule is O=C(NCC12CC(C1)C1C=C2C1)c1ccc(F)cc1. The van der Waals surface area contributed by atoms with Gasteiger partial charge in [0.2, 0.25) is 0 Å². The summed E-state index contributed by atoms with van der Waals surface area (Å²) in [5, 5.41) is 3.02. The number of hydrogen-bond acceptors (Lipinski definition) is 1. The molecule has 7 rings (SSSR count). The van der Waals surface area contributed by atoms with E-state index in [0.717, 1.165) is 18.4 Å². The van der Waals surface area contributed by atoms with Crippen LogP contribution in [0.2, 0.25) is 0 Å². The normalized spacial score (nSPS) is 33.8. The van der Waals surface area contributed by atoms with Crippen molar-refractivity contribution in [3.63, 3.8) is 0 Å². The van der Waals surface area contributed by atoms with Gasteiger partial charge in [-0.2, -0.15) is 0 Å². The fraction of sp³-hybridized carbons (Fsp3) is 0.438. The number of nitrogens with one attached hydrogen (secondary N) is 1. The minimum absolute atomic E-state index is 0.0973. The van der Waals surface area contributed by atoms with Gasteiger partial charge in [0.05, 0.1) is 0 Å². The second kappa shape index (κ2) is 3.69. The summed E-state index contributed by atoms with van der Waals surface area (Å²) in [7, 11) is 0. The largest absolute Gasteiger partial charge is 0.351 e. The molecule has 1 atom stereocenters. The van der Waals surface area contributed by atoms with Gasteiger partial charge in [-0.1, -0.05) is 11.6 Å². The minimum atomic E-state index is -0.310. The molecule has 1 aromatic carbocycles. The predicted molar refractivity (Wildman–Crippen MR) is 70.1 cm³/mol. The molecule has 0 heterocycles. The third-order valence-electron chi connectivity index (χ3n) is 5.16. The molecule has 98 valence electrons. The van der Waals surface area contributed by atoms with E-state index in [9.17, 15) is 9.18 Å². The Bertz CT molecular complexity index is 569. The lowest BCUT2D eigenvalue weighted by molar-refractivity contribution is -0.00347. The summed E-state index contributed by atoms with van der Waals surface area (Å²) < 4.78 is 12.8. The standard InChI is InChI=1S/C16H16FNO/c17-14-3-1-10(2-4-14)15(19)18-9-16-7-12(8-16)11-5-13(16)6-11/h1-5,11-12H,6-9H2,(H,18,19). The molecule has 19 heavy (non-hydrogen) atoms. The van der Waals surface area contributed by atoms with Crippen LogP contribution < -0.4 is 5.32 Å². The zero-order chi connectivity index (χ0) is 13.0. The zero-order valence-electron chi connectivity index (χ0n) is 10.7. The lowest BCUT2D eigenvalue weighted by Crippen LogP contribution is -2.57. The first-order valence-electron chi connectivity index (χ1n) is 6.91. The maximum absolute atomic E-state index is 12.8. The maximum atomic E-state index is 12.8. The molecule has 4 bridgehead atoms. The van der Waals surface area contributed by atoms with Gasteiger partial charge in [-0.3, -0.25) is 4.79 Å². The molecular formula is C16H16FNO. The van der Waals surface area contributed by atoms with Crippen molar-refractivity contribution < 1.29 is 9.18 Å². The van der Waals surface area contributed by atoms with Gasteiger partial charge in [0.1, 0.15) is 5.82 Å². The number of carbonyl (C=O) groups is 1. The summed E-state index contributed by atoms with van der Waals surface area (Å²) in [4.78, 5) is 12.0. The van der Waals surface area contributed by atoms with Crippen LogP contribution in [-0.4, -0.2) is 12.5 Å². The van der Waals surface area contributed by atoms with Gasteiger partial charge < -0.3 is 5.32 Å². The van der Waals surface area contributed by atoms with Gasteiger partial charge in [-0.25, -0.2) is 4.39 Å². The highest BCUT2D eigenvalue weighted by atomic mass is 19.1. The first-order valence-corrected chi connectivity index (χ1v) is 6.91. The molecule has 0 spiro atoms. The molecule has 1 amide bonds. The molecule has 1 N–H and O–H groups in total. The van der Waals surface area contributed by atoms with Gasteiger partial charge in [-0.05, 0) is 55.4 Å². The van der Waals surface area contributed by atoms with E-state index >= 15 is 0 Å². The number of halogens is 1. The van der Waals surface area contributed by atoms with E-state index in [-0.39, 0.29) is 17.1 Å². The van der Waals surface area contributed by atoms with Crippen molar-refractivity contribution in [2.24, 2.45) is 17.3 Å². The Balaban J connectivity index is 1.43. The van der Waals surface area contributed by atoms with Crippen LogP contribution in [0.5, 0.6) is 0 Å². The van der Waals surface area contributed by atoms with E-state index < -0.39 is 0 Å². The maximum Gasteiger partial charge on any atom is 0.251 e. The van der Waals surface area contributed by atoms with Gasteiger partial charge in [-0.15, -0.1) is 0 Å². The molecule has 6 aliphatic rings. The van der Waals surface area contributed by atoms with Gasteiger partial charge in [0.25, 0.3) is 5.91 Å². The van der Waals surface area contributed by atoms with Crippen molar-refractivity contribution in [1.29, 1.82) is 0 Å². The third kappa shape index (κ3) is 1.57. The highest BCUT2D eigenvalue weighted by Crippen LogP contribution is 2.66. The molecule has 3 heteroatoms. The van der Waals surface area contributed by atoms with Crippen molar-refractivity contribution in [3.8, 4) is 0 Å². The van der Waals surface area contributed by atoms with Crippen LogP contribution in [0.25, 0.3) is 0 Å².